The lowest BCUT2D eigenvalue weighted by molar-refractivity contribution is -0.132. The van der Waals surface area contributed by atoms with Crippen molar-refractivity contribution >= 4 is 39.7 Å². The van der Waals surface area contributed by atoms with E-state index in [0.717, 1.165) is 35.8 Å². The van der Waals surface area contributed by atoms with Gasteiger partial charge in [0.25, 0.3) is 0 Å². The summed E-state index contributed by atoms with van der Waals surface area (Å²) in [5.74, 6) is 1.21. The van der Waals surface area contributed by atoms with Crippen LogP contribution in [0.25, 0.3) is 22.1 Å². The van der Waals surface area contributed by atoms with Crippen molar-refractivity contribution in [2.24, 2.45) is 5.92 Å². The highest BCUT2D eigenvalue weighted by molar-refractivity contribution is 7.99. The van der Waals surface area contributed by atoms with Gasteiger partial charge in [-0.2, -0.15) is 0 Å². The van der Waals surface area contributed by atoms with Gasteiger partial charge in [0.2, 0.25) is 11.1 Å². The van der Waals surface area contributed by atoms with Crippen LogP contribution in [0.4, 0.5) is 0 Å². The van der Waals surface area contributed by atoms with Gasteiger partial charge in [0, 0.05) is 23.5 Å². The van der Waals surface area contributed by atoms with Gasteiger partial charge in [-0.05, 0) is 31.7 Å². The first-order chi connectivity index (χ1) is 12.1. The van der Waals surface area contributed by atoms with E-state index in [2.05, 4.69) is 34.0 Å². The van der Waals surface area contributed by atoms with Crippen molar-refractivity contribution in [1.29, 1.82) is 0 Å². The average molecular weight is 355 g/mol. The van der Waals surface area contributed by atoms with E-state index in [4.69, 9.17) is 0 Å². The fourth-order valence-corrected chi connectivity index (χ4v) is 4.23. The van der Waals surface area contributed by atoms with Crippen LogP contribution in [0.2, 0.25) is 0 Å². The maximum atomic E-state index is 12.5. The standard InChI is InChI=1S/C18H21N5OS/c1-11-7-8-23(12(2)9-11)15(24)10-25-18-20-17-16(21-22-18)13-5-3-4-6-14(13)19-17/h3-6,11-12H,7-10H2,1-2H3,(H,19,20,22)/t11-,12-/m1/s1. The van der Waals surface area contributed by atoms with E-state index in [9.17, 15) is 4.79 Å². The van der Waals surface area contributed by atoms with Crippen molar-refractivity contribution < 1.29 is 4.79 Å². The number of piperidine rings is 1. The zero-order valence-corrected chi connectivity index (χ0v) is 15.2. The number of amides is 1. The Morgan fingerprint density at radius 2 is 2.16 bits per heavy atom. The van der Waals surface area contributed by atoms with E-state index in [0.29, 0.717) is 28.5 Å². The van der Waals surface area contributed by atoms with Crippen LogP contribution in [-0.4, -0.2) is 49.3 Å². The molecule has 0 spiro atoms. The van der Waals surface area contributed by atoms with E-state index in [1.54, 1.807) is 0 Å². The fourth-order valence-electron chi connectivity index (χ4n) is 3.55. The number of thioether (sulfide) groups is 1. The minimum absolute atomic E-state index is 0.157. The van der Waals surface area contributed by atoms with Crippen LogP contribution in [-0.2, 0) is 4.79 Å². The molecule has 7 heteroatoms. The molecule has 3 heterocycles. The largest absolute Gasteiger partial charge is 0.339 e. The number of nitrogens with zero attached hydrogens (tertiary/aromatic N) is 4. The highest BCUT2D eigenvalue weighted by Gasteiger charge is 2.26. The number of carbonyl (C=O) groups excluding carboxylic acids is 1. The number of likely N-dealkylation sites (tertiary alicyclic amines) is 1. The summed E-state index contributed by atoms with van der Waals surface area (Å²) in [5.41, 5.74) is 2.48. The zero-order valence-electron chi connectivity index (χ0n) is 14.4. The summed E-state index contributed by atoms with van der Waals surface area (Å²) in [4.78, 5) is 22.3. The van der Waals surface area contributed by atoms with Crippen LogP contribution in [0, 0.1) is 5.92 Å². The predicted molar refractivity (Wildman–Crippen MR) is 99.5 cm³/mol. The molecule has 1 aliphatic heterocycles. The normalized spacial score (nSPS) is 21.1. The molecule has 4 rings (SSSR count). The van der Waals surface area contributed by atoms with Crippen LogP contribution >= 0.6 is 11.8 Å². The highest BCUT2D eigenvalue weighted by Crippen LogP contribution is 2.25. The first-order valence-electron chi connectivity index (χ1n) is 8.65. The lowest BCUT2D eigenvalue weighted by atomic mass is 9.93. The first-order valence-corrected chi connectivity index (χ1v) is 9.64. The second-order valence-corrected chi connectivity index (χ2v) is 7.76. The molecule has 2 atom stereocenters. The van der Waals surface area contributed by atoms with Gasteiger partial charge in [-0.15, -0.1) is 10.2 Å². The molecule has 3 aromatic rings. The Kier molecular flexibility index (Phi) is 4.33. The van der Waals surface area contributed by atoms with Crippen LogP contribution < -0.4 is 0 Å². The SMILES string of the molecule is C[C@@H]1CCN(C(=O)CSc2nnc3c(n2)[nH]c2ccccc23)[C@H](C)C1. The van der Waals surface area contributed by atoms with Crippen LogP contribution in [0.3, 0.4) is 0 Å². The Hall–Kier alpha value is -2.15. The molecule has 0 aliphatic carbocycles. The average Bonchev–Trinajstić information content (AvgIpc) is 2.97. The molecular formula is C18H21N5OS. The van der Waals surface area contributed by atoms with Gasteiger partial charge in [0.05, 0.1) is 5.75 Å². The second-order valence-electron chi connectivity index (χ2n) is 6.82. The molecule has 0 radical (unpaired) electrons. The summed E-state index contributed by atoms with van der Waals surface area (Å²) < 4.78 is 0. The van der Waals surface area contributed by atoms with Gasteiger partial charge in [0.1, 0.15) is 5.52 Å². The number of nitrogens with one attached hydrogen (secondary N) is 1. The minimum Gasteiger partial charge on any atom is -0.339 e. The van der Waals surface area contributed by atoms with Crippen molar-refractivity contribution in [3.63, 3.8) is 0 Å². The quantitative estimate of drug-likeness (QED) is 0.730. The number of aromatic nitrogens is 4. The molecule has 6 nitrogen and oxygen atoms in total. The Labute approximate surface area is 150 Å². The Balaban J connectivity index is 1.47. The molecule has 0 bridgehead atoms. The molecule has 1 saturated heterocycles. The van der Waals surface area contributed by atoms with Crippen LogP contribution in [0.1, 0.15) is 26.7 Å². The number of aromatic amines is 1. The highest BCUT2D eigenvalue weighted by atomic mass is 32.2. The molecule has 1 aromatic carbocycles. The van der Waals surface area contributed by atoms with Crippen molar-refractivity contribution in [2.45, 2.75) is 37.9 Å². The number of fused-ring (bicyclic) bond motifs is 3. The third-order valence-corrected chi connectivity index (χ3v) is 5.71. The number of hydrogen-bond donors (Lipinski definition) is 1. The molecule has 130 valence electrons. The van der Waals surface area contributed by atoms with E-state index in [-0.39, 0.29) is 5.91 Å². The lowest BCUT2D eigenvalue weighted by Crippen LogP contribution is -2.45. The van der Waals surface area contributed by atoms with Gasteiger partial charge in [-0.3, -0.25) is 4.79 Å². The number of hydrogen-bond acceptors (Lipinski definition) is 5. The fraction of sp³-hybridized carbons (Fsp3) is 0.444. The van der Waals surface area contributed by atoms with Crippen LogP contribution in [0.5, 0.6) is 0 Å². The van der Waals surface area contributed by atoms with Gasteiger partial charge in [-0.1, -0.05) is 36.9 Å². The van der Waals surface area contributed by atoms with Crippen molar-refractivity contribution in [3.8, 4) is 0 Å². The lowest BCUT2D eigenvalue weighted by Gasteiger charge is -2.36. The third-order valence-electron chi connectivity index (χ3n) is 4.89. The summed E-state index contributed by atoms with van der Waals surface area (Å²) in [6.07, 6.45) is 2.16. The van der Waals surface area contributed by atoms with Crippen molar-refractivity contribution in [1.82, 2.24) is 25.1 Å². The molecular weight excluding hydrogens is 334 g/mol. The molecule has 25 heavy (non-hydrogen) atoms. The summed E-state index contributed by atoms with van der Waals surface area (Å²) in [6, 6.07) is 8.25. The number of carbonyl (C=O) groups is 1. The second kappa shape index (κ2) is 6.63. The topological polar surface area (TPSA) is 74.8 Å². The van der Waals surface area contributed by atoms with E-state index >= 15 is 0 Å². The minimum atomic E-state index is 0.157. The first kappa shape index (κ1) is 16.3. The predicted octanol–water partition coefficient (Wildman–Crippen LogP) is 3.25. The van der Waals surface area contributed by atoms with Gasteiger partial charge in [0.15, 0.2) is 5.65 Å². The molecule has 1 fully saturated rings. The van der Waals surface area contributed by atoms with Crippen molar-refractivity contribution in [3.05, 3.63) is 24.3 Å². The summed E-state index contributed by atoms with van der Waals surface area (Å²) in [6.45, 7) is 5.23. The Morgan fingerprint density at radius 3 is 3.00 bits per heavy atom. The number of benzene rings is 1. The van der Waals surface area contributed by atoms with Crippen LogP contribution in [0.15, 0.2) is 29.4 Å². The monoisotopic (exact) mass is 355 g/mol. The number of H-pyrrole nitrogens is 1. The Morgan fingerprint density at radius 1 is 1.32 bits per heavy atom. The molecule has 0 unspecified atom stereocenters. The molecule has 1 aliphatic rings. The number of rotatable bonds is 3. The molecule has 1 N–H and O–H groups in total. The van der Waals surface area contributed by atoms with Gasteiger partial charge < -0.3 is 9.88 Å². The van der Waals surface area contributed by atoms with E-state index < -0.39 is 0 Å². The smallest absolute Gasteiger partial charge is 0.233 e. The Bertz CT molecular complexity index is 924. The maximum Gasteiger partial charge on any atom is 0.233 e. The summed E-state index contributed by atoms with van der Waals surface area (Å²) in [7, 11) is 0. The maximum absolute atomic E-state index is 12.5. The molecule has 0 saturated carbocycles. The van der Waals surface area contributed by atoms with Crippen molar-refractivity contribution in [2.75, 3.05) is 12.3 Å². The van der Waals surface area contributed by atoms with Gasteiger partial charge >= 0.3 is 0 Å². The summed E-state index contributed by atoms with van der Waals surface area (Å²) in [5, 5.41) is 10.0. The molecule has 1 amide bonds. The van der Waals surface area contributed by atoms with E-state index in [1.807, 2.05) is 29.2 Å². The summed E-state index contributed by atoms with van der Waals surface area (Å²) >= 11 is 1.35. The number of para-hydroxylation sites is 1. The van der Waals surface area contributed by atoms with E-state index in [1.165, 1.54) is 11.8 Å². The molecule has 2 aromatic heterocycles. The zero-order chi connectivity index (χ0) is 17.4. The van der Waals surface area contributed by atoms with Gasteiger partial charge in [-0.25, -0.2) is 4.98 Å². The third kappa shape index (κ3) is 3.20.